The van der Waals surface area contributed by atoms with E-state index in [9.17, 15) is 4.79 Å². The molecule has 1 heterocycles. The fourth-order valence-electron chi connectivity index (χ4n) is 2.30. The van der Waals surface area contributed by atoms with Crippen molar-refractivity contribution in [1.29, 1.82) is 0 Å². The first kappa shape index (κ1) is 18.1. The molecule has 24 heavy (non-hydrogen) atoms. The molecule has 0 aliphatic heterocycles. The molecule has 0 saturated carbocycles. The second-order valence-corrected chi connectivity index (χ2v) is 5.06. The van der Waals surface area contributed by atoms with E-state index in [-0.39, 0.29) is 11.0 Å². The van der Waals surface area contributed by atoms with E-state index in [0.29, 0.717) is 5.56 Å². The summed E-state index contributed by atoms with van der Waals surface area (Å²) in [5, 5.41) is 0.165. The highest BCUT2D eigenvalue weighted by atomic mass is 35.5. The van der Waals surface area contributed by atoms with E-state index in [1.807, 2.05) is 6.07 Å². The molecular formula is C16H17ClN2O5. The zero-order chi connectivity index (χ0) is 17.6. The average Bonchev–Trinajstić information content (AvgIpc) is 2.61. The number of carbonyl (C=O) groups excluding carboxylic acids is 1. The first-order valence-electron chi connectivity index (χ1n) is 6.94. The number of esters is 1. The standard InChI is InChI=1S/C16H17ClN2O5/c1-21-14(20)16(15(22-2)23-3,11-7-5-4-6-8-11)24-13-9-12(17)18-10-19-13/h4-10,15H,1-3H3. The van der Waals surface area contributed by atoms with Gasteiger partial charge in [-0.2, -0.15) is 0 Å². The first-order valence-corrected chi connectivity index (χ1v) is 7.32. The van der Waals surface area contributed by atoms with E-state index < -0.39 is 17.9 Å². The van der Waals surface area contributed by atoms with Crippen LogP contribution in [0.2, 0.25) is 5.15 Å². The Morgan fingerprint density at radius 3 is 2.33 bits per heavy atom. The molecule has 1 unspecified atom stereocenters. The molecule has 1 aromatic heterocycles. The summed E-state index contributed by atoms with van der Waals surface area (Å²) >= 11 is 5.87. The van der Waals surface area contributed by atoms with Crippen molar-refractivity contribution in [3.63, 3.8) is 0 Å². The Bertz CT molecular complexity index is 681. The maximum Gasteiger partial charge on any atom is 0.360 e. The van der Waals surface area contributed by atoms with E-state index >= 15 is 0 Å². The molecule has 0 amide bonds. The Labute approximate surface area is 144 Å². The van der Waals surface area contributed by atoms with Crippen molar-refractivity contribution in [3.8, 4) is 5.88 Å². The summed E-state index contributed by atoms with van der Waals surface area (Å²) < 4.78 is 21.5. The lowest BCUT2D eigenvalue weighted by atomic mass is 9.92. The third-order valence-corrected chi connectivity index (χ3v) is 3.53. The van der Waals surface area contributed by atoms with Crippen molar-refractivity contribution in [2.45, 2.75) is 11.9 Å². The molecule has 0 aliphatic carbocycles. The van der Waals surface area contributed by atoms with Gasteiger partial charge in [0.25, 0.3) is 5.60 Å². The first-order chi connectivity index (χ1) is 11.6. The summed E-state index contributed by atoms with van der Waals surface area (Å²) in [4.78, 5) is 20.5. The van der Waals surface area contributed by atoms with Crippen LogP contribution < -0.4 is 4.74 Å². The van der Waals surface area contributed by atoms with Crippen LogP contribution in [0.4, 0.5) is 0 Å². The second kappa shape index (κ2) is 8.05. The topological polar surface area (TPSA) is 79.8 Å². The molecule has 0 spiro atoms. The van der Waals surface area contributed by atoms with Gasteiger partial charge in [0.1, 0.15) is 11.5 Å². The highest BCUT2D eigenvalue weighted by molar-refractivity contribution is 6.29. The summed E-state index contributed by atoms with van der Waals surface area (Å²) in [5.74, 6) is -0.638. The Morgan fingerprint density at radius 2 is 1.79 bits per heavy atom. The molecule has 2 rings (SSSR count). The Balaban J connectivity index is 2.63. The van der Waals surface area contributed by atoms with Gasteiger partial charge >= 0.3 is 5.97 Å². The maximum absolute atomic E-state index is 12.7. The normalized spacial score (nSPS) is 13.4. The third-order valence-electron chi connectivity index (χ3n) is 3.33. The van der Waals surface area contributed by atoms with Crippen LogP contribution in [0.1, 0.15) is 5.56 Å². The molecule has 0 N–H and O–H groups in total. The number of carbonyl (C=O) groups is 1. The Hall–Kier alpha value is -2.22. The summed E-state index contributed by atoms with van der Waals surface area (Å²) in [7, 11) is 4.04. The van der Waals surface area contributed by atoms with Crippen LogP contribution in [0, 0.1) is 0 Å². The van der Waals surface area contributed by atoms with Gasteiger partial charge in [-0.3, -0.25) is 0 Å². The smallest absolute Gasteiger partial charge is 0.360 e. The van der Waals surface area contributed by atoms with Crippen molar-refractivity contribution >= 4 is 17.6 Å². The van der Waals surface area contributed by atoms with E-state index in [0.717, 1.165) is 0 Å². The minimum absolute atomic E-state index is 0.0725. The van der Waals surface area contributed by atoms with Crippen molar-refractivity contribution < 1.29 is 23.7 Å². The minimum Gasteiger partial charge on any atom is -0.466 e. The second-order valence-electron chi connectivity index (χ2n) is 4.68. The molecule has 8 heteroatoms. The van der Waals surface area contributed by atoms with E-state index in [4.69, 9.17) is 30.5 Å². The van der Waals surface area contributed by atoms with Crippen LogP contribution in [0.5, 0.6) is 5.88 Å². The summed E-state index contributed by atoms with van der Waals surface area (Å²) in [6, 6.07) is 10.1. The largest absolute Gasteiger partial charge is 0.466 e. The highest BCUT2D eigenvalue weighted by Gasteiger charge is 2.53. The summed E-state index contributed by atoms with van der Waals surface area (Å²) in [6.45, 7) is 0. The number of rotatable bonds is 7. The zero-order valence-electron chi connectivity index (χ0n) is 13.4. The monoisotopic (exact) mass is 352 g/mol. The van der Waals surface area contributed by atoms with Crippen LogP contribution in [-0.2, 0) is 24.6 Å². The number of hydrogen-bond acceptors (Lipinski definition) is 7. The molecule has 1 atom stereocenters. The van der Waals surface area contributed by atoms with Crippen LogP contribution in [0.25, 0.3) is 0 Å². The molecule has 0 saturated heterocycles. The van der Waals surface area contributed by atoms with Gasteiger partial charge in [0.15, 0.2) is 0 Å². The summed E-state index contributed by atoms with van der Waals surface area (Å²) in [6.07, 6.45) is 0.125. The van der Waals surface area contributed by atoms with Gasteiger partial charge in [-0.1, -0.05) is 41.9 Å². The van der Waals surface area contributed by atoms with Gasteiger partial charge in [0.05, 0.1) is 7.11 Å². The van der Waals surface area contributed by atoms with Crippen molar-refractivity contribution in [1.82, 2.24) is 9.97 Å². The third kappa shape index (κ3) is 3.48. The molecule has 0 fully saturated rings. The fourth-order valence-corrected chi connectivity index (χ4v) is 2.44. The maximum atomic E-state index is 12.7. The molecular weight excluding hydrogens is 336 g/mol. The van der Waals surface area contributed by atoms with Crippen molar-refractivity contribution in [2.24, 2.45) is 0 Å². The van der Waals surface area contributed by atoms with Gasteiger partial charge in [0.2, 0.25) is 12.2 Å². The van der Waals surface area contributed by atoms with E-state index in [1.165, 1.54) is 33.7 Å². The lowest BCUT2D eigenvalue weighted by molar-refractivity contribution is -0.224. The molecule has 1 aromatic carbocycles. The number of ether oxygens (including phenoxy) is 4. The van der Waals surface area contributed by atoms with Gasteiger partial charge in [-0.25, -0.2) is 14.8 Å². The molecule has 7 nitrogen and oxygen atoms in total. The SMILES string of the molecule is COC(=O)C(Oc1cc(Cl)ncn1)(c1ccccc1)C(OC)OC. The number of nitrogens with zero attached hydrogens (tertiary/aromatic N) is 2. The quantitative estimate of drug-likeness (QED) is 0.429. The van der Waals surface area contributed by atoms with Crippen LogP contribution in [0.3, 0.4) is 0 Å². The van der Waals surface area contributed by atoms with Gasteiger partial charge < -0.3 is 18.9 Å². The number of aromatic nitrogens is 2. The van der Waals surface area contributed by atoms with Crippen LogP contribution in [0.15, 0.2) is 42.7 Å². The number of methoxy groups -OCH3 is 3. The summed E-state index contributed by atoms with van der Waals surface area (Å²) in [5.41, 5.74) is -1.27. The number of benzene rings is 1. The number of hydrogen-bond donors (Lipinski definition) is 0. The predicted octanol–water partition coefficient (Wildman–Crippen LogP) is 2.20. The Morgan fingerprint density at radius 1 is 1.12 bits per heavy atom. The van der Waals surface area contributed by atoms with Gasteiger partial charge in [-0.15, -0.1) is 0 Å². The van der Waals surface area contributed by atoms with E-state index in [2.05, 4.69) is 9.97 Å². The molecule has 128 valence electrons. The van der Waals surface area contributed by atoms with Crippen molar-refractivity contribution in [2.75, 3.05) is 21.3 Å². The molecule has 2 aromatic rings. The average molecular weight is 353 g/mol. The fraction of sp³-hybridized carbons (Fsp3) is 0.312. The van der Waals surface area contributed by atoms with E-state index in [1.54, 1.807) is 24.3 Å². The van der Waals surface area contributed by atoms with Gasteiger partial charge in [0, 0.05) is 25.8 Å². The van der Waals surface area contributed by atoms with Crippen LogP contribution in [-0.4, -0.2) is 43.6 Å². The predicted molar refractivity (Wildman–Crippen MR) is 85.6 cm³/mol. The lowest BCUT2D eigenvalue weighted by Crippen LogP contribution is -2.54. The number of halogens is 1. The Kier molecular flexibility index (Phi) is 6.08. The zero-order valence-corrected chi connectivity index (χ0v) is 14.2. The van der Waals surface area contributed by atoms with Gasteiger partial charge in [-0.05, 0) is 0 Å². The van der Waals surface area contributed by atoms with Crippen molar-refractivity contribution in [3.05, 3.63) is 53.4 Å². The lowest BCUT2D eigenvalue weighted by Gasteiger charge is -2.36. The van der Waals surface area contributed by atoms with Crippen LogP contribution >= 0.6 is 11.6 Å². The molecule has 0 bridgehead atoms. The molecule has 0 aliphatic rings. The minimum atomic E-state index is -1.74. The highest BCUT2D eigenvalue weighted by Crippen LogP contribution is 2.34. The molecule has 0 radical (unpaired) electrons.